The van der Waals surface area contributed by atoms with Crippen LogP contribution in [0.5, 0.6) is 23.0 Å². The topological polar surface area (TPSA) is 81.8 Å². The third kappa shape index (κ3) is 2.74. The number of hydrogen-bond donors (Lipinski definition) is 1. The molecule has 0 aliphatic heterocycles. The first-order chi connectivity index (χ1) is 9.11. The van der Waals surface area contributed by atoms with Gasteiger partial charge in [-0.3, -0.25) is 10.1 Å². The Labute approximate surface area is 109 Å². The molecule has 2 aromatic rings. The Bertz CT molecular complexity index is 612. The van der Waals surface area contributed by atoms with Crippen molar-refractivity contribution in [3.8, 4) is 23.0 Å². The van der Waals surface area contributed by atoms with E-state index in [-0.39, 0.29) is 22.9 Å². The molecule has 0 aromatic heterocycles. The quantitative estimate of drug-likeness (QED) is 0.675. The number of ether oxygens (including phenoxy) is 2. The fourth-order valence-corrected chi connectivity index (χ4v) is 1.54. The zero-order valence-corrected chi connectivity index (χ0v) is 10.1. The van der Waals surface area contributed by atoms with Crippen molar-refractivity contribution in [2.75, 3.05) is 7.11 Å². The van der Waals surface area contributed by atoms with E-state index >= 15 is 0 Å². The number of nitro groups is 1. The van der Waals surface area contributed by atoms with E-state index in [2.05, 4.69) is 0 Å². The van der Waals surface area contributed by atoms with Gasteiger partial charge in [-0.05, 0) is 18.2 Å². The number of para-hydroxylation sites is 2. The van der Waals surface area contributed by atoms with Crippen molar-refractivity contribution in [2.45, 2.75) is 0 Å². The maximum Gasteiger partial charge on any atom is 0.311 e. The van der Waals surface area contributed by atoms with E-state index in [1.54, 1.807) is 12.1 Å². The summed E-state index contributed by atoms with van der Waals surface area (Å²) < 4.78 is 10.4. The highest BCUT2D eigenvalue weighted by Crippen LogP contribution is 2.35. The number of rotatable bonds is 4. The van der Waals surface area contributed by atoms with Gasteiger partial charge in [0, 0.05) is 12.1 Å². The van der Waals surface area contributed by atoms with Crippen LogP contribution in [0.1, 0.15) is 0 Å². The van der Waals surface area contributed by atoms with Crippen LogP contribution in [0, 0.1) is 10.1 Å². The average Bonchev–Trinajstić information content (AvgIpc) is 2.41. The van der Waals surface area contributed by atoms with Crippen LogP contribution in [0.2, 0.25) is 0 Å². The fourth-order valence-electron chi connectivity index (χ4n) is 1.54. The molecule has 0 saturated heterocycles. The van der Waals surface area contributed by atoms with Crippen LogP contribution < -0.4 is 9.47 Å². The van der Waals surface area contributed by atoms with Gasteiger partial charge in [-0.2, -0.15) is 0 Å². The highest BCUT2D eigenvalue weighted by molar-refractivity contribution is 5.50. The van der Waals surface area contributed by atoms with Crippen molar-refractivity contribution in [1.82, 2.24) is 0 Å². The number of methoxy groups -OCH3 is 1. The molecule has 6 nitrogen and oxygen atoms in total. The van der Waals surface area contributed by atoms with E-state index in [9.17, 15) is 15.2 Å². The molecule has 2 aromatic carbocycles. The first-order valence-corrected chi connectivity index (χ1v) is 5.40. The van der Waals surface area contributed by atoms with Gasteiger partial charge in [-0.25, -0.2) is 0 Å². The average molecular weight is 261 g/mol. The largest absolute Gasteiger partial charge is 0.504 e. The Morgan fingerprint density at radius 3 is 2.58 bits per heavy atom. The van der Waals surface area contributed by atoms with E-state index in [1.165, 1.54) is 37.4 Å². The van der Waals surface area contributed by atoms with Crippen molar-refractivity contribution >= 4 is 5.69 Å². The second-order valence-corrected chi connectivity index (χ2v) is 3.66. The van der Waals surface area contributed by atoms with Gasteiger partial charge in [-0.15, -0.1) is 0 Å². The minimum atomic E-state index is -0.521. The summed E-state index contributed by atoms with van der Waals surface area (Å²) in [5.41, 5.74) is -0.130. The van der Waals surface area contributed by atoms with Crippen molar-refractivity contribution in [3.63, 3.8) is 0 Å². The van der Waals surface area contributed by atoms with Crippen LogP contribution in [0.25, 0.3) is 0 Å². The van der Waals surface area contributed by atoms with Crippen molar-refractivity contribution in [3.05, 3.63) is 52.6 Å². The van der Waals surface area contributed by atoms with Crippen molar-refractivity contribution in [1.29, 1.82) is 0 Å². The predicted molar refractivity (Wildman–Crippen MR) is 67.8 cm³/mol. The standard InChI is InChI=1S/C13H11NO5/c1-18-13-8-9(6-7-11(13)15)19-12-5-3-2-4-10(12)14(16)17/h2-8,15H,1H3. The second-order valence-electron chi connectivity index (χ2n) is 3.66. The van der Waals surface area contributed by atoms with Crippen LogP contribution in [0.15, 0.2) is 42.5 Å². The van der Waals surface area contributed by atoms with Gasteiger partial charge in [0.2, 0.25) is 5.75 Å². The Morgan fingerprint density at radius 2 is 1.89 bits per heavy atom. The van der Waals surface area contributed by atoms with E-state index in [4.69, 9.17) is 9.47 Å². The van der Waals surface area contributed by atoms with Gasteiger partial charge in [0.05, 0.1) is 12.0 Å². The molecule has 98 valence electrons. The normalized spacial score (nSPS) is 9.95. The molecule has 0 saturated carbocycles. The number of phenols is 1. The molecule has 0 aliphatic carbocycles. The maximum atomic E-state index is 10.9. The summed E-state index contributed by atoms with van der Waals surface area (Å²) >= 11 is 0. The number of benzene rings is 2. The van der Waals surface area contributed by atoms with Gasteiger partial charge >= 0.3 is 5.69 Å². The van der Waals surface area contributed by atoms with Crippen LogP contribution in [0.4, 0.5) is 5.69 Å². The van der Waals surface area contributed by atoms with E-state index < -0.39 is 4.92 Å². The number of nitro benzene ring substituents is 1. The lowest BCUT2D eigenvalue weighted by Crippen LogP contribution is -1.93. The van der Waals surface area contributed by atoms with Crippen LogP contribution in [-0.2, 0) is 0 Å². The molecule has 0 atom stereocenters. The lowest BCUT2D eigenvalue weighted by molar-refractivity contribution is -0.385. The maximum absolute atomic E-state index is 10.9. The van der Waals surface area contributed by atoms with Gasteiger partial charge in [-0.1, -0.05) is 12.1 Å². The smallest absolute Gasteiger partial charge is 0.311 e. The number of aromatic hydroxyl groups is 1. The summed E-state index contributed by atoms with van der Waals surface area (Å²) in [6, 6.07) is 10.4. The monoisotopic (exact) mass is 261 g/mol. The lowest BCUT2D eigenvalue weighted by Gasteiger charge is -2.08. The first-order valence-electron chi connectivity index (χ1n) is 5.40. The summed E-state index contributed by atoms with van der Waals surface area (Å²) in [7, 11) is 1.41. The highest BCUT2D eigenvalue weighted by Gasteiger charge is 2.15. The Balaban J connectivity index is 2.34. The second kappa shape index (κ2) is 5.26. The number of phenolic OH excluding ortho intramolecular Hbond substituents is 1. The molecule has 0 spiro atoms. The summed E-state index contributed by atoms with van der Waals surface area (Å²) in [6.45, 7) is 0. The molecular weight excluding hydrogens is 250 g/mol. The highest BCUT2D eigenvalue weighted by atomic mass is 16.6. The molecular formula is C13H11NO5. The molecule has 0 unspecified atom stereocenters. The van der Waals surface area contributed by atoms with Crippen LogP contribution in [0.3, 0.4) is 0 Å². The molecule has 0 amide bonds. The van der Waals surface area contributed by atoms with E-state index in [1.807, 2.05) is 0 Å². The number of hydrogen-bond acceptors (Lipinski definition) is 5. The third-order valence-electron chi connectivity index (χ3n) is 2.44. The zero-order valence-electron chi connectivity index (χ0n) is 10.1. The summed E-state index contributed by atoms with van der Waals surface area (Å²) in [5, 5.41) is 20.3. The molecule has 0 bridgehead atoms. The minimum absolute atomic E-state index is 0.0302. The Kier molecular flexibility index (Phi) is 3.51. The Morgan fingerprint density at radius 1 is 1.16 bits per heavy atom. The molecule has 0 radical (unpaired) electrons. The zero-order chi connectivity index (χ0) is 13.8. The summed E-state index contributed by atoms with van der Waals surface area (Å²) in [5.74, 6) is 0.665. The van der Waals surface area contributed by atoms with Gasteiger partial charge < -0.3 is 14.6 Å². The fraction of sp³-hybridized carbons (Fsp3) is 0.0769. The number of nitrogens with zero attached hydrogens (tertiary/aromatic N) is 1. The van der Waals surface area contributed by atoms with Crippen LogP contribution in [-0.4, -0.2) is 17.1 Å². The summed E-state index contributed by atoms with van der Waals surface area (Å²) in [6.07, 6.45) is 0. The molecule has 6 heteroatoms. The van der Waals surface area contributed by atoms with Crippen LogP contribution >= 0.6 is 0 Å². The van der Waals surface area contributed by atoms with Crippen molar-refractivity contribution in [2.24, 2.45) is 0 Å². The molecule has 1 N–H and O–H groups in total. The SMILES string of the molecule is COc1cc(Oc2ccccc2[N+](=O)[O-])ccc1O. The third-order valence-corrected chi connectivity index (χ3v) is 2.44. The summed E-state index contributed by atoms with van der Waals surface area (Å²) in [4.78, 5) is 10.3. The van der Waals surface area contributed by atoms with Crippen molar-refractivity contribution < 1.29 is 19.5 Å². The molecule has 0 aliphatic rings. The Hall–Kier alpha value is -2.76. The molecule has 2 rings (SSSR count). The lowest BCUT2D eigenvalue weighted by atomic mass is 10.3. The van der Waals surface area contributed by atoms with E-state index in [0.717, 1.165) is 0 Å². The van der Waals surface area contributed by atoms with Gasteiger partial charge in [0.25, 0.3) is 0 Å². The molecule has 0 fully saturated rings. The first kappa shape index (κ1) is 12.7. The predicted octanol–water partition coefficient (Wildman–Crippen LogP) is 3.10. The minimum Gasteiger partial charge on any atom is -0.504 e. The van der Waals surface area contributed by atoms with Gasteiger partial charge in [0.1, 0.15) is 5.75 Å². The molecule has 0 heterocycles. The van der Waals surface area contributed by atoms with E-state index in [0.29, 0.717) is 5.75 Å². The van der Waals surface area contributed by atoms with Gasteiger partial charge in [0.15, 0.2) is 11.5 Å². The molecule has 19 heavy (non-hydrogen) atoms.